The molecule has 10 heteroatoms. The van der Waals surface area contributed by atoms with Gasteiger partial charge >= 0.3 is 6.18 Å². The first-order valence-electron chi connectivity index (χ1n) is 12.3. The van der Waals surface area contributed by atoms with Gasteiger partial charge in [0.1, 0.15) is 23.9 Å². The van der Waals surface area contributed by atoms with Gasteiger partial charge in [-0.25, -0.2) is 8.78 Å². The van der Waals surface area contributed by atoms with Crippen molar-refractivity contribution < 1.29 is 31.4 Å². The Morgan fingerprint density at radius 2 is 1.51 bits per heavy atom. The van der Waals surface area contributed by atoms with Crippen molar-refractivity contribution in [3.63, 3.8) is 0 Å². The van der Waals surface area contributed by atoms with Gasteiger partial charge in [-0.15, -0.1) is 0 Å². The highest BCUT2D eigenvalue weighted by Crippen LogP contribution is 2.40. The van der Waals surface area contributed by atoms with Crippen molar-refractivity contribution in [1.82, 2.24) is 0 Å². The Balaban J connectivity index is 1.22. The number of benzene rings is 2. The highest BCUT2D eigenvalue weighted by molar-refractivity contribution is 5.57. The van der Waals surface area contributed by atoms with E-state index in [0.717, 1.165) is 37.7 Å². The maximum absolute atomic E-state index is 15.2. The van der Waals surface area contributed by atoms with Gasteiger partial charge < -0.3 is 19.3 Å². The molecule has 0 radical (unpaired) electrons. The Morgan fingerprint density at radius 1 is 0.865 bits per heavy atom. The lowest BCUT2D eigenvalue weighted by atomic mass is 9.88. The summed E-state index contributed by atoms with van der Waals surface area (Å²) < 4.78 is 80.9. The fraction of sp³-hybridized carbons (Fsp3) is 0.444. The lowest BCUT2D eigenvalue weighted by Crippen LogP contribution is -2.38. The summed E-state index contributed by atoms with van der Waals surface area (Å²) >= 11 is 0. The minimum Gasteiger partial charge on any atom is -0.459 e. The zero-order valence-corrected chi connectivity index (χ0v) is 20.0. The van der Waals surface area contributed by atoms with Gasteiger partial charge in [0, 0.05) is 37.8 Å². The van der Waals surface area contributed by atoms with E-state index in [9.17, 15) is 17.6 Å². The largest absolute Gasteiger partial charge is 0.459 e. The van der Waals surface area contributed by atoms with Crippen molar-refractivity contribution in [2.24, 2.45) is 5.92 Å². The van der Waals surface area contributed by atoms with Gasteiger partial charge in [-0.05, 0) is 61.4 Å². The van der Waals surface area contributed by atoms with Crippen molar-refractivity contribution in [2.45, 2.75) is 44.1 Å². The number of alkyl halides is 3. The summed E-state index contributed by atoms with van der Waals surface area (Å²) in [5.74, 6) is -1.59. The van der Waals surface area contributed by atoms with Crippen molar-refractivity contribution in [1.29, 1.82) is 5.26 Å². The molecule has 3 aliphatic rings. The number of hydrogen-bond donors (Lipinski definition) is 0. The molecule has 2 fully saturated rings. The smallest absolute Gasteiger partial charge is 0.420 e. The number of rotatable bonds is 4. The topological polar surface area (TPSA) is 48.7 Å². The van der Waals surface area contributed by atoms with Crippen LogP contribution in [0.4, 0.5) is 33.3 Å². The highest BCUT2D eigenvalue weighted by Gasteiger charge is 2.39. The Bertz CT molecular complexity index is 1200. The van der Waals surface area contributed by atoms with Crippen LogP contribution in [-0.4, -0.2) is 32.5 Å². The van der Waals surface area contributed by atoms with E-state index in [1.165, 1.54) is 17.0 Å². The van der Waals surface area contributed by atoms with Gasteiger partial charge in [-0.1, -0.05) is 6.07 Å². The van der Waals surface area contributed by atoms with E-state index in [4.69, 9.17) is 14.7 Å². The van der Waals surface area contributed by atoms with E-state index in [0.29, 0.717) is 18.4 Å². The first kappa shape index (κ1) is 25.2. The number of hydrogen-bond acceptors (Lipinski definition) is 5. The molecule has 2 saturated heterocycles. The van der Waals surface area contributed by atoms with Crippen LogP contribution in [0.5, 0.6) is 0 Å². The first-order valence-corrected chi connectivity index (χ1v) is 12.3. The summed E-state index contributed by atoms with van der Waals surface area (Å²) in [7, 11) is 0. The van der Waals surface area contributed by atoms with E-state index in [1.807, 2.05) is 6.07 Å². The van der Waals surface area contributed by atoms with Gasteiger partial charge in [0.05, 0.1) is 17.3 Å². The highest BCUT2D eigenvalue weighted by atomic mass is 19.4. The molecule has 196 valence electrons. The van der Waals surface area contributed by atoms with Crippen molar-refractivity contribution in [2.75, 3.05) is 36.0 Å². The molecule has 0 spiro atoms. The maximum Gasteiger partial charge on any atom is 0.420 e. The van der Waals surface area contributed by atoms with Crippen LogP contribution in [0.3, 0.4) is 0 Å². The zero-order valence-electron chi connectivity index (χ0n) is 20.0. The van der Waals surface area contributed by atoms with Crippen molar-refractivity contribution in [3.05, 3.63) is 71.2 Å². The molecule has 37 heavy (non-hydrogen) atoms. The number of nitrogens with zero attached hydrogens (tertiary/aromatic N) is 3. The molecule has 0 N–H and O–H groups in total. The number of anilines is 2. The minimum absolute atomic E-state index is 0.122. The third-order valence-corrected chi connectivity index (χ3v) is 7.56. The van der Waals surface area contributed by atoms with Gasteiger partial charge in [0.2, 0.25) is 6.29 Å². The molecule has 3 heterocycles. The van der Waals surface area contributed by atoms with Crippen LogP contribution in [0.25, 0.3) is 0 Å². The third kappa shape index (κ3) is 5.04. The molecule has 0 amide bonds. The molecule has 2 aromatic rings. The number of halogens is 5. The predicted molar refractivity (Wildman–Crippen MR) is 127 cm³/mol. The summed E-state index contributed by atoms with van der Waals surface area (Å²) in [5, 5.41) is 8.97. The second kappa shape index (κ2) is 10.1. The quantitative estimate of drug-likeness (QED) is 0.444. The maximum atomic E-state index is 15.2. The number of nitriles is 1. The van der Waals surface area contributed by atoms with Gasteiger partial charge in [-0.3, -0.25) is 0 Å². The Kier molecular flexibility index (Phi) is 6.88. The molecule has 0 aliphatic carbocycles. The monoisotopic (exact) mass is 519 g/mol. The minimum atomic E-state index is -4.97. The molecule has 0 atom stereocenters. The van der Waals surface area contributed by atoms with Crippen molar-refractivity contribution >= 4 is 11.4 Å². The average molecular weight is 520 g/mol. The van der Waals surface area contributed by atoms with E-state index in [1.54, 1.807) is 24.7 Å². The van der Waals surface area contributed by atoms with Crippen LogP contribution >= 0.6 is 0 Å². The normalized spacial score (nSPS) is 19.6. The van der Waals surface area contributed by atoms with Crippen LogP contribution in [-0.2, 0) is 15.7 Å². The average Bonchev–Trinajstić information content (AvgIpc) is 3.43. The van der Waals surface area contributed by atoms with E-state index >= 15 is 4.39 Å². The molecule has 3 aliphatic heterocycles. The van der Waals surface area contributed by atoms with Crippen LogP contribution in [0.1, 0.15) is 48.3 Å². The second-order valence-electron chi connectivity index (χ2n) is 9.64. The predicted octanol–water partition coefficient (Wildman–Crippen LogP) is 6.30. The second-order valence-corrected chi connectivity index (χ2v) is 9.64. The molecular formula is C27H26F5N3O2. The molecule has 5 rings (SSSR count). The molecule has 0 saturated carbocycles. The van der Waals surface area contributed by atoms with E-state index < -0.39 is 23.1 Å². The molecular weight excluding hydrogens is 493 g/mol. The van der Waals surface area contributed by atoms with Gasteiger partial charge in [0.25, 0.3) is 0 Å². The van der Waals surface area contributed by atoms with E-state index in [2.05, 4.69) is 4.90 Å². The standard InChI is InChI=1S/C27H26F5N3O2/c28-22-15-20(34-9-7-18(8-10-34)26-36-13-14-37-26)2-3-21(22)17-5-11-35(12-6-17)23-4-1-19(16-33)24(25(23)29)27(30,31)32/h1-4,13-15,17-18,26H,5-12H2. The Hall–Kier alpha value is -3.48. The summed E-state index contributed by atoms with van der Waals surface area (Å²) in [6.45, 7) is 2.08. The third-order valence-electron chi connectivity index (χ3n) is 7.56. The Morgan fingerprint density at radius 3 is 2.11 bits per heavy atom. The summed E-state index contributed by atoms with van der Waals surface area (Å²) in [6, 6.07) is 8.86. The van der Waals surface area contributed by atoms with Gasteiger partial charge in [-0.2, -0.15) is 18.4 Å². The van der Waals surface area contributed by atoms with Gasteiger partial charge in [0.15, 0.2) is 5.82 Å². The fourth-order valence-corrected chi connectivity index (χ4v) is 5.56. The molecule has 0 unspecified atom stereocenters. The number of piperidine rings is 2. The molecule has 5 nitrogen and oxygen atoms in total. The molecule has 0 aromatic heterocycles. The lowest BCUT2D eigenvalue weighted by molar-refractivity contribution is -0.140. The fourth-order valence-electron chi connectivity index (χ4n) is 5.56. The van der Waals surface area contributed by atoms with Crippen molar-refractivity contribution in [3.8, 4) is 6.07 Å². The molecule has 0 bridgehead atoms. The Labute approximate surface area is 211 Å². The SMILES string of the molecule is N#Cc1ccc(N2CCC(c3ccc(N4CCC(C5OC=CO5)CC4)cc3F)CC2)c(F)c1C(F)(F)F. The summed E-state index contributed by atoms with van der Waals surface area (Å²) in [4.78, 5) is 3.67. The van der Waals surface area contributed by atoms with Crippen LogP contribution in [0.2, 0.25) is 0 Å². The molecule has 2 aromatic carbocycles. The van der Waals surface area contributed by atoms with E-state index in [-0.39, 0.29) is 42.7 Å². The van der Waals surface area contributed by atoms with Crippen LogP contribution < -0.4 is 9.80 Å². The van der Waals surface area contributed by atoms with Crippen LogP contribution in [0.15, 0.2) is 42.9 Å². The first-order chi connectivity index (χ1) is 17.8. The van der Waals surface area contributed by atoms with Crippen LogP contribution in [0, 0.1) is 28.9 Å². The summed E-state index contributed by atoms with van der Waals surface area (Å²) in [6.07, 6.45) is 0.568. The number of ether oxygens (including phenoxy) is 2. The lowest BCUT2D eigenvalue weighted by Gasteiger charge is -2.36. The zero-order chi connectivity index (χ0) is 26.2. The summed E-state index contributed by atoms with van der Waals surface area (Å²) in [5.41, 5.74) is -1.10.